The first-order valence-corrected chi connectivity index (χ1v) is 7.87. The van der Waals surface area contributed by atoms with Gasteiger partial charge in [-0.25, -0.2) is 13.6 Å². The van der Waals surface area contributed by atoms with Crippen molar-refractivity contribution in [1.82, 2.24) is 0 Å². The Morgan fingerprint density at radius 3 is 2.72 bits per heavy atom. The van der Waals surface area contributed by atoms with Gasteiger partial charge in [-0.05, 0) is 37.5 Å². The van der Waals surface area contributed by atoms with Crippen molar-refractivity contribution in [3.8, 4) is 0 Å². The summed E-state index contributed by atoms with van der Waals surface area (Å²) in [6.45, 7) is 2.07. The number of halogens is 1. The second-order valence-electron chi connectivity index (χ2n) is 4.91. The summed E-state index contributed by atoms with van der Waals surface area (Å²) in [6.07, 6.45) is 3.66. The van der Waals surface area contributed by atoms with Gasteiger partial charge in [0.15, 0.2) is 0 Å². The van der Waals surface area contributed by atoms with Gasteiger partial charge < -0.3 is 5.32 Å². The van der Waals surface area contributed by atoms with Crippen molar-refractivity contribution in [1.29, 1.82) is 0 Å². The highest BCUT2D eigenvalue weighted by Crippen LogP contribution is 2.34. The number of rotatable bonds is 5. The molecule has 0 bridgehead atoms. The van der Waals surface area contributed by atoms with Crippen molar-refractivity contribution in [3.05, 3.63) is 23.2 Å². The third-order valence-electron chi connectivity index (χ3n) is 3.05. The molecule has 0 amide bonds. The minimum atomic E-state index is -3.69. The van der Waals surface area contributed by atoms with Crippen molar-refractivity contribution in [2.24, 2.45) is 11.1 Å². The van der Waals surface area contributed by atoms with E-state index in [2.05, 4.69) is 12.2 Å². The van der Waals surface area contributed by atoms with Gasteiger partial charge in [0, 0.05) is 6.04 Å². The average molecular weight is 289 g/mol. The standard InChI is InChI=1S/C12H17ClN2O2S/c1-8(6-9-2-3-9)15-12-7-10(18(14,16)17)4-5-11(12)13/h4-5,7-9,15H,2-3,6H2,1H3,(H2,14,16,17). The number of hydrogen-bond donors (Lipinski definition) is 2. The van der Waals surface area contributed by atoms with E-state index in [0.717, 1.165) is 12.3 Å². The van der Waals surface area contributed by atoms with Gasteiger partial charge >= 0.3 is 0 Å². The van der Waals surface area contributed by atoms with Gasteiger partial charge in [-0.15, -0.1) is 0 Å². The largest absolute Gasteiger partial charge is 0.381 e. The number of nitrogens with one attached hydrogen (secondary N) is 1. The number of sulfonamides is 1. The van der Waals surface area contributed by atoms with Crippen LogP contribution in [0.2, 0.25) is 5.02 Å². The summed E-state index contributed by atoms with van der Waals surface area (Å²) in [4.78, 5) is 0.0769. The molecule has 0 aliphatic heterocycles. The quantitative estimate of drug-likeness (QED) is 0.875. The average Bonchev–Trinajstić information content (AvgIpc) is 3.03. The Kier molecular flexibility index (Phi) is 3.84. The minimum Gasteiger partial charge on any atom is -0.381 e. The highest BCUT2D eigenvalue weighted by molar-refractivity contribution is 7.89. The molecule has 6 heteroatoms. The Hall–Kier alpha value is -0.780. The lowest BCUT2D eigenvalue weighted by molar-refractivity contribution is 0.597. The van der Waals surface area contributed by atoms with Crippen LogP contribution in [0.25, 0.3) is 0 Å². The molecule has 0 radical (unpaired) electrons. The molecule has 1 saturated carbocycles. The molecule has 18 heavy (non-hydrogen) atoms. The van der Waals surface area contributed by atoms with Crippen LogP contribution >= 0.6 is 11.6 Å². The van der Waals surface area contributed by atoms with Crippen LogP contribution in [0.15, 0.2) is 23.1 Å². The first kappa shape index (κ1) is 13.6. The normalized spacial score (nSPS) is 17.5. The first-order chi connectivity index (χ1) is 8.36. The zero-order chi connectivity index (χ0) is 13.3. The second-order valence-corrected chi connectivity index (χ2v) is 6.88. The fourth-order valence-electron chi connectivity index (χ4n) is 1.97. The molecule has 1 atom stereocenters. The second kappa shape index (κ2) is 5.07. The third kappa shape index (κ3) is 3.60. The molecular weight excluding hydrogens is 272 g/mol. The van der Waals surface area contributed by atoms with Crippen LogP contribution in [0.4, 0.5) is 5.69 Å². The van der Waals surface area contributed by atoms with Gasteiger partial charge in [0.1, 0.15) is 0 Å². The summed E-state index contributed by atoms with van der Waals surface area (Å²) >= 11 is 6.04. The lowest BCUT2D eigenvalue weighted by atomic mass is 10.1. The highest BCUT2D eigenvalue weighted by atomic mass is 35.5. The number of hydrogen-bond acceptors (Lipinski definition) is 3. The topological polar surface area (TPSA) is 72.2 Å². The fourth-order valence-corrected chi connectivity index (χ4v) is 2.68. The van der Waals surface area contributed by atoms with Crippen molar-refractivity contribution in [2.75, 3.05) is 5.32 Å². The predicted molar refractivity (Wildman–Crippen MR) is 73.3 cm³/mol. The molecule has 1 aromatic carbocycles. The van der Waals surface area contributed by atoms with Crippen LogP contribution in [-0.4, -0.2) is 14.5 Å². The van der Waals surface area contributed by atoms with E-state index in [-0.39, 0.29) is 10.9 Å². The molecule has 4 nitrogen and oxygen atoms in total. The van der Waals surface area contributed by atoms with E-state index >= 15 is 0 Å². The zero-order valence-corrected chi connectivity index (χ0v) is 11.8. The molecule has 1 fully saturated rings. The molecule has 1 unspecified atom stereocenters. The molecule has 100 valence electrons. The summed E-state index contributed by atoms with van der Waals surface area (Å²) in [6, 6.07) is 4.72. The van der Waals surface area contributed by atoms with Gasteiger partial charge in [0.2, 0.25) is 10.0 Å². The summed E-state index contributed by atoms with van der Waals surface area (Å²) in [5.74, 6) is 0.799. The monoisotopic (exact) mass is 288 g/mol. The van der Waals surface area contributed by atoms with Crippen molar-refractivity contribution >= 4 is 27.3 Å². The van der Waals surface area contributed by atoms with Crippen molar-refractivity contribution < 1.29 is 8.42 Å². The first-order valence-electron chi connectivity index (χ1n) is 5.95. The van der Waals surface area contributed by atoms with Gasteiger partial charge in [0.05, 0.1) is 15.6 Å². The van der Waals surface area contributed by atoms with Crippen LogP contribution < -0.4 is 10.5 Å². The van der Waals surface area contributed by atoms with Crippen LogP contribution in [0.3, 0.4) is 0 Å². The van der Waals surface area contributed by atoms with Crippen molar-refractivity contribution in [2.45, 2.75) is 37.1 Å². The van der Waals surface area contributed by atoms with Crippen LogP contribution in [0, 0.1) is 5.92 Å². The third-order valence-corrected chi connectivity index (χ3v) is 4.29. The number of nitrogens with two attached hydrogens (primary N) is 1. The molecule has 2 rings (SSSR count). The van der Waals surface area contributed by atoms with Gasteiger partial charge in [-0.3, -0.25) is 0 Å². The minimum absolute atomic E-state index is 0.0769. The van der Waals surface area contributed by atoms with Crippen LogP contribution in [0.1, 0.15) is 26.2 Å². The summed E-state index contributed by atoms with van der Waals surface area (Å²) < 4.78 is 22.6. The molecule has 0 aromatic heterocycles. The predicted octanol–water partition coefficient (Wildman–Crippen LogP) is 2.59. The summed E-state index contributed by atoms with van der Waals surface area (Å²) in [5, 5.41) is 8.85. The molecule has 0 saturated heterocycles. The van der Waals surface area contributed by atoms with E-state index in [0.29, 0.717) is 10.7 Å². The molecule has 0 heterocycles. The van der Waals surface area contributed by atoms with E-state index in [1.807, 2.05) is 0 Å². The summed E-state index contributed by atoms with van der Waals surface area (Å²) in [5.41, 5.74) is 0.622. The van der Waals surface area contributed by atoms with Gasteiger partial charge in [-0.1, -0.05) is 24.4 Å². The maximum atomic E-state index is 11.3. The van der Waals surface area contributed by atoms with E-state index < -0.39 is 10.0 Å². The lowest BCUT2D eigenvalue weighted by Crippen LogP contribution is -2.17. The Morgan fingerprint density at radius 2 is 2.17 bits per heavy atom. The number of anilines is 1. The van der Waals surface area contributed by atoms with Crippen LogP contribution in [0.5, 0.6) is 0 Å². The Morgan fingerprint density at radius 1 is 1.50 bits per heavy atom. The maximum Gasteiger partial charge on any atom is 0.238 e. The summed E-state index contributed by atoms with van der Waals surface area (Å²) in [7, 11) is -3.69. The Labute approximate surface area is 113 Å². The van der Waals surface area contributed by atoms with E-state index in [9.17, 15) is 8.42 Å². The molecule has 1 aromatic rings. The molecule has 3 N–H and O–H groups in total. The number of benzene rings is 1. The fraction of sp³-hybridized carbons (Fsp3) is 0.500. The van der Waals surface area contributed by atoms with E-state index in [1.165, 1.54) is 25.0 Å². The van der Waals surface area contributed by atoms with Crippen molar-refractivity contribution in [3.63, 3.8) is 0 Å². The lowest BCUT2D eigenvalue weighted by Gasteiger charge is -2.16. The van der Waals surface area contributed by atoms with Crippen LogP contribution in [-0.2, 0) is 10.0 Å². The smallest absolute Gasteiger partial charge is 0.238 e. The van der Waals surface area contributed by atoms with E-state index in [4.69, 9.17) is 16.7 Å². The highest BCUT2D eigenvalue weighted by Gasteiger charge is 2.23. The maximum absolute atomic E-state index is 11.3. The Balaban J connectivity index is 2.15. The Bertz CT molecular complexity index is 541. The number of primary sulfonamides is 1. The molecular formula is C12H17ClN2O2S. The molecule has 1 aliphatic rings. The zero-order valence-electron chi connectivity index (χ0n) is 10.2. The SMILES string of the molecule is CC(CC1CC1)Nc1cc(S(N)(=O)=O)ccc1Cl. The van der Waals surface area contributed by atoms with Gasteiger partial charge in [-0.2, -0.15) is 0 Å². The van der Waals surface area contributed by atoms with Gasteiger partial charge in [0.25, 0.3) is 0 Å². The molecule has 0 spiro atoms. The molecule has 1 aliphatic carbocycles. The van der Waals surface area contributed by atoms with E-state index in [1.54, 1.807) is 6.07 Å².